The third-order valence-corrected chi connectivity index (χ3v) is 3.07. The van der Waals surface area contributed by atoms with Gasteiger partial charge in [-0.3, -0.25) is 0 Å². The lowest BCUT2D eigenvalue weighted by molar-refractivity contribution is 1.03. The average molecular weight is 217 g/mol. The van der Waals surface area contributed by atoms with Crippen molar-refractivity contribution >= 4 is 17.0 Å². The summed E-state index contributed by atoms with van der Waals surface area (Å²) in [4.78, 5) is 0. The van der Waals surface area contributed by atoms with Gasteiger partial charge in [-0.05, 0) is 53.4 Å². The first-order chi connectivity index (χ1) is 7.34. The van der Waals surface area contributed by atoms with Crippen molar-refractivity contribution in [2.45, 2.75) is 13.3 Å². The molecule has 1 nitrogen and oxygen atoms in total. The molecule has 0 aliphatic heterocycles. The van der Waals surface area contributed by atoms with E-state index < -0.39 is 0 Å². The summed E-state index contributed by atoms with van der Waals surface area (Å²) < 4.78 is 0. The number of hydrogen-bond acceptors (Lipinski definition) is 2. The van der Waals surface area contributed by atoms with E-state index in [9.17, 15) is 0 Å². The van der Waals surface area contributed by atoms with Crippen LogP contribution in [0.15, 0.2) is 41.1 Å². The predicted molar refractivity (Wildman–Crippen MR) is 67.7 cm³/mol. The second-order valence-corrected chi connectivity index (χ2v) is 4.46. The molecular formula is C13H15NS. The molecule has 1 N–H and O–H groups in total. The van der Waals surface area contributed by atoms with Crippen LogP contribution in [0.1, 0.15) is 11.1 Å². The van der Waals surface area contributed by atoms with Gasteiger partial charge in [0.1, 0.15) is 0 Å². The molecule has 78 valence electrons. The Bertz CT molecular complexity index is 406. The van der Waals surface area contributed by atoms with Crippen molar-refractivity contribution in [3.8, 4) is 0 Å². The Kier molecular flexibility index (Phi) is 3.41. The van der Waals surface area contributed by atoms with E-state index in [1.54, 1.807) is 11.3 Å². The van der Waals surface area contributed by atoms with Crippen LogP contribution in [-0.2, 0) is 6.42 Å². The molecule has 0 bridgehead atoms. The van der Waals surface area contributed by atoms with Crippen molar-refractivity contribution in [3.05, 3.63) is 52.2 Å². The maximum Gasteiger partial charge on any atom is 0.0342 e. The molecule has 0 spiro atoms. The van der Waals surface area contributed by atoms with Crippen molar-refractivity contribution in [2.24, 2.45) is 0 Å². The number of benzene rings is 1. The minimum Gasteiger partial charge on any atom is -0.385 e. The molecule has 0 fully saturated rings. The normalized spacial score (nSPS) is 10.2. The molecule has 0 aliphatic rings. The van der Waals surface area contributed by atoms with Crippen LogP contribution < -0.4 is 5.32 Å². The van der Waals surface area contributed by atoms with Crippen LogP contribution in [0, 0.1) is 6.92 Å². The Morgan fingerprint density at radius 1 is 1.27 bits per heavy atom. The number of aryl methyl sites for hydroxylation is 1. The Labute approximate surface area is 94.8 Å². The van der Waals surface area contributed by atoms with Crippen molar-refractivity contribution in [2.75, 3.05) is 11.9 Å². The molecule has 0 unspecified atom stereocenters. The van der Waals surface area contributed by atoms with Gasteiger partial charge < -0.3 is 5.32 Å². The standard InChI is InChI=1S/C13H15NS/c1-11-3-2-4-13(9-11)14-7-5-12-6-8-15-10-12/h2-4,6,8-10,14H,5,7H2,1H3. The van der Waals surface area contributed by atoms with E-state index in [0.717, 1.165) is 13.0 Å². The van der Waals surface area contributed by atoms with Gasteiger partial charge in [0, 0.05) is 12.2 Å². The summed E-state index contributed by atoms with van der Waals surface area (Å²) in [5.74, 6) is 0. The zero-order valence-corrected chi connectivity index (χ0v) is 9.68. The summed E-state index contributed by atoms with van der Waals surface area (Å²) in [6, 6.07) is 10.7. The Hall–Kier alpha value is -1.28. The molecule has 0 saturated carbocycles. The summed E-state index contributed by atoms with van der Waals surface area (Å²) in [5.41, 5.74) is 3.93. The third kappa shape index (κ3) is 3.10. The van der Waals surface area contributed by atoms with E-state index in [4.69, 9.17) is 0 Å². The van der Waals surface area contributed by atoms with Gasteiger partial charge in [-0.2, -0.15) is 11.3 Å². The zero-order valence-electron chi connectivity index (χ0n) is 8.86. The fourth-order valence-corrected chi connectivity index (χ4v) is 2.24. The van der Waals surface area contributed by atoms with Crippen LogP contribution >= 0.6 is 11.3 Å². The highest BCUT2D eigenvalue weighted by atomic mass is 32.1. The quantitative estimate of drug-likeness (QED) is 0.823. The minimum absolute atomic E-state index is 1.00. The van der Waals surface area contributed by atoms with Crippen LogP contribution in [0.25, 0.3) is 0 Å². The summed E-state index contributed by atoms with van der Waals surface area (Å²) in [7, 11) is 0. The lowest BCUT2D eigenvalue weighted by atomic mass is 10.2. The molecule has 0 aliphatic carbocycles. The summed E-state index contributed by atoms with van der Waals surface area (Å²) in [6.45, 7) is 3.12. The van der Waals surface area contributed by atoms with Gasteiger partial charge in [-0.1, -0.05) is 12.1 Å². The SMILES string of the molecule is Cc1cccc(NCCc2ccsc2)c1. The van der Waals surface area contributed by atoms with Gasteiger partial charge in [-0.25, -0.2) is 0 Å². The van der Waals surface area contributed by atoms with E-state index in [1.807, 2.05) is 0 Å². The van der Waals surface area contributed by atoms with Gasteiger partial charge in [0.2, 0.25) is 0 Å². The highest BCUT2D eigenvalue weighted by molar-refractivity contribution is 7.07. The number of anilines is 1. The second kappa shape index (κ2) is 4.99. The van der Waals surface area contributed by atoms with Crippen molar-refractivity contribution < 1.29 is 0 Å². The molecule has 2 rings (SSSR count). The first-order valence-corrected chi connectivity index (χ1v) is 6.10. The summed E-state index contributed by atoms with van der Waals surface area (Å²) in [5, 5.41) is 7.76. The largest absolute Gasteiger partial charge is 0.385 e. The van der Waals surface area contributed by atoms with Crippen LogP contribution in [0.4, 0.5) is 5.69 Å². The monoisotopic (exact) mass is 217 g/mol. The predicted octanol–water partition coefficient (Wildman–Crippen LogP) is 3.71. The van der Waals surface area contributed by atoms with Crippen molar-refractivity contribution in [1.29, 1.82) is 0 Å². The first kappa shape index (κ1) is 10.2. The fraction of sp³-hybridized carbons (Fsp3) is 0.231. The lowest BCUT2D eigenvalue weighted by Gasteiger charge is -2.05. The molecular weight excluding hydrogens is 202 g/mol. The maximum atomic E-state index is 3.43. The number of nitrogens with one attached hydrogen (secondary N) is 1. The van der Waals surface area contributed by atoms with E-state index in [1.165, 1.54) is 16.8 Å². The molecule has 15 heavy (non-hydrogen) atoms. The highest BCUT2D eigenvalue weighted by Crippen LogP contribution is 2.10. The highest BCUT2D eigenvalue weighted by Gasteiger charge is 1.94. The number of thiophene rings is 1. The number of hydrogen-bond donors (Lipinski definition) is 1. The topological polar surface area (TPSA) is 12.0 Å². The minimum atomic E-state index is 1.00. The average Bonchev–Trinajstić information content (AvgIpc) is 2.71. The Morgan fingerprint density at radius 3 is 2.93 bits per heavy atom. The smallest absolute Gasteiger partial charge is 0.0342 e. The summed E-state index contributed by atoms with van der Waals surface area (Å²) >= 11 is 1.76. The van der Waals surface area contributed by atoms with Gasteiger partial charge in [-0.15, -0.1) is 0 Å². The van der Waals surface area contributed by atoms with Gasteiger partial charge in [0.25, 0.3) is 0 Å². The zero-order chi connectivity index (χ0) is 10.5. The van der Waals surface area contributed by atoms with Crippen LogP contribution in [0.2, 0.25) is 0 Å². The molecule has 1 aromatic heterocycles. The Balaban J connectivity index is 1.83. The number of rotatable bonds is 4. The Morgan fingerprint density at radius 2 is 2.20 bits per heavy atom. The van der Waals surface area contributed by atoms with Gasteiger partial charge >= 0.3 is 0 Å². The van der Waals surface area contributed by atoms with Crippen LogP contribution in [0.5, 0.6) is 0 Å². The van der Waals surface area contributed by atoms with Crippen LogP contribution in [0.3, 0.4) is 0 Å². The second-order valence-electron chi connectivity index (χ2n) is 3.68. The van der Waals surface area contributed by atoms with E-state index in [0.29, 0.717) is 0 Å². The molecule has 0 radical (unpaired) electrons. The van der Waals surface area contributed by atoms with E-state index in [2.05, 4.69) is 53.3 Å². The summed E-state index contributed by atoms with van der Waals surface area (Å²) in [6.07, 6.45) is 1.09. The van der Waals surface area contributed by atoms with Crippen molar-refractivity contribution in [1.82, 2.24) is 0 Å². The van der Waals surface area contributed by atoms with Crippen LogP contribution in [-0.4, -0.2) is 6.54 Å². The molecule has 1 aromatic carbocycles. The molecule has 2 aromatic rings. The first-order valence-electron chi connectivity index (χ1n) is 5.16. The molecule has 0 amide bonds. The third-order valence-electron chi connectivity index (χ3n) is 2.34. The molecule has 0 atom stereocenters. The lowest BCUT2D eigenvalue weighted by Crippen LogP contribution is -2.04. The van der Waals surface area contributed by atoms with Gasteiger partial charge in [0.05, 0.1) is 0 Å². The van der Waals surface area contributed by atoms with Gasteiger partial charge in [0.15, 0.2) is 0 Å². The van der Waals surface area contributed by atoms with E-state index >= 15 is 0 Å². The molecule has 2 heteroatoms. The molecule has 1 heterocycles. The maximum absolute atomic E-state index is 3.43. The fourth-order valence-electron chi connectivity index (χ4n) is 1.54. The van der Waals surface area contributed by atoms with E-state index in [-0.39, 0.29) is 0 Å². The van der Waals surface area contributed by atoms with Crippen molar-refractivity contribution in [3.63, 3.8) is 0 Å². The molecule has 0 saturated heterocycles.